The van der Waals surface area contributed by atoms with Gasteiger partial charge >= 0.3 is 0 Å². The van der Waals surface area contributed by atoms with Gasteiger partial charge in [0, 0.05) is 30.1 Å². The van der Waals surface area contributed by atoms with Crippen LogP contribution in [0.5, 0.6) is 0 Å². The molecule has 2 saturated heterocycles. The van der Waals surface area contributed by atoms with E-state index in [0.29, 0.717) is 18.1 Å². The largest absolute Gasteiger partial charge is 0.338 e. The van der Waals surface area contributed by atoms with E-state index in [0.717, 1.165) is 37.0 Å². The number of carbonyl (C=O) groups excluding carboxylic acids is 1. The first kappa shape index (κ1) is 18.8. The SMILES string of the molecule is CCCc1sc(C(=O)N(C)C2CC3CCC(C2)N3)cc1CC.Cl. The molecule has 3 rings (SSSR count). The maximum atomic E-state index is 12.9. The van der Waals surface area contributed by atoms with Crippen LogP contribution in [0, 0.1) is 0 Å². The van der Waals surface area contributed by atoms with E-state index in [-0.39, 0.29) is 18.3 Å². The smallest absolute Gasteiger partial charge is 0.263 e. The van der Waals surface area contributed by atoms with Gasteiger partial charge in [0.15, 0.2) is 0 Å². The molecule has 0 saturated carbocycles. The Morgan fingerprint density at radius 1 is 1.30 bits per heavy atom. The molecule has 2 aliphatic rings. The van der Waals surface area contributed by atoms with Crippen molar-refractivity contribution in [3.05, 3.63) is 21.4 Å². The van der Waals surface area contributed by atoms with Gasteiger partial charge < -0.3 is 10.2 Å². The van der Waals surface area contributed by atoms with Crippen molar-refractivity contribution >= 4 is 29.7 Å². The van der Waals surface area contributed by atoms with Crippen LogP contribution in [0.2, 0.25) is 0 Å². The molecule has 0 spiro atoms. The van der Waals surface area contributed by atoms with Crippen molar-refractivity contribution in [3.63, 3.8) is 0 Å². The van der Waals surface area contributed by atoms with Gasteiger partial charge in [-0.15, -0.1) is 23.7 Å². The molecule has 130 valence electrons. The highest BCUT2D eigenvalue weighted by Gasteiger charge is 2.36. The quantitative estimate of drug-likeness (QED) is 0.863. The minimum Gasteiger partial charge on any atom is -0.338 e. The van der Waals surface area contributed by atoms with Gasteiger partial charge in [0.1, 0.15) is 0 Å². The van der Waals surface area contributed by atoms with E-state index in [4.69, 9.17) is 0 Å². The number of carbonyl (C=O) groups is 1. The zero-order valence-corrected chi connectivity index (χ0v) is 16.1. The van der Waals surface area contributed by atoms with E-state index in [1.165, 1.54) is 23.3 Å². The van der Waals surface area contributed by atoms with Gasteiger partial charge in [-0.2, -0.15) is 0 Å². The fraction of sp³-hybridized carbons (Fsp3) is 0.722. The van der Waals surface area contributed by atoms with E-state index in [9.17, 15) is 4.79 Å². The van der Waals surface area contributed by atoms with Gasteiger partial charge in [-0.1, -0.05) is 20.3 Å². The first-order valence-corrected chi connectivity index (χ1v) is 9.58. The van der Waals surface area contributed by atoms with Crippen molar-refractivity contribution in [2.24, 2.45) is 0 Å². The van der Waals surface area contributed by atoms with Crippen molar-refractivity contribution in [3.8, 4) is 0 Å². The molecule has 3 nitrogen and oxygen atoms in total. The summed E-state index contributed by atoms with van der Waals surface area (Å²) in [6.45, 7) is 4.39. The lowest BCUT2D eigenvalue weighted by molar-refractivity contribution is 0.0686. The number of hydrogen-bond donors (Lipinski definition) is 1. The van der Waals surface area contributed by atoms with Crippen LogP contribution in [0.1, 0.15) is 66.1 Å². The summed E-state index contributed by atoms with van der Waals surface area (Å²) in [5.41, 5.74) is 1.37. The lowest BCUT2D eigenvalue weighted by atomic mass is 9.98. The molecule has 3 heterocycles. The number of hydrogen-bond acceptors (Lipinski definition) is 3. The normalized spacial score (nSPS) is 26.0. The Kier molecular flexibility index (Phi) is 6.52. The van der Waals surface area contributed by atoms with Crippen LogP contribution in [0.4, 0.5) is 0 Å². The summed E-state index contributed by atoms with van der Waals surface area (Å²) >= 11 is 1.72. The average molecular weight is 357 g/mol. The third-order valence-electron chi connectivity index (χ3n) is 5.28. The number of nitrogens with one attached hydrogen (secondary N) is 1. The zero-order valence-electron chi connectivity index (χ0n) is 14.4. The van der Waals surface area contributed by atoms with Crippen molar-refractivity contribution < 1.29 is 4.79 Å². The topological polar surface area (TPSA) is 32.3 Å². The van der Waals surface area contributed by atoms with Gasteiger partial charge in [0.2, 0.25) is 0 Å². The molecular formula is C18H29ClN2OS. The monoisotopic (exact) mass is 356 g/mol. The summed E-state index contributed by atoms with van der Waals surface area (Å²) in [6.07, 6.45) is 8.07. The van der Waals surface area contributed by atoms with Crippen LogP contribution in [0.3, 0.4) is 0 Å². The molecule has 2 bridgehead atoms. The second-order valence-electron chi connectivity index (χ2n) is 6.84. The Bertz CT molecular complexity index is 533. The van der Waals surface area contributed by atoms with Crippen LogP contribution in [-0.2, 0) is 12.8 Å². The Balaban J connectivity index is 0.00000192. The summed E-state index contributed by atoms with van der Waals surface area (Å²) in [5, 5.41) is 3.66. The Morgan fingerprint density at radius 2 is 1.96 bits per heavy atom. The van der Waals surface area contributed by atoms with Gasteiger partial charge in [-0.25, -0.2) is 0 Å². The average Bonchev–Trinajstić information content (AvgIpc) is 3.09. The van der Waals surface area contributed by atoms with Gasteiger partial charge in [0.05, 0.1) is 4.88 Å². The molecule has 1 aromatic heterocycles. The molecule has 2 fully saturated rings. The summed E-state index contributed by atoms with van der Waals surface area (Å²) < 4.78 is 0. The summed E-state index contributed by atoms with van der Waals surface area (Å²) in [4.78, 5) is 17.2. The number of thiophene rings is 1. The van der Waals surface area contributed by atoms with E-state index >= 15 is 0 Å². The van der Waals surface area contributed by atoms with Crippen molar-refractivity contribution in [1.29, 1.82) is 0 Å². The number of amides is 1. The highest BCUT2D eigenvalue weighted by molar-refractivity contribution is 7.14. The van der Waals surface area contributed by atoms with E-state index < -0.39 is 0 Å². The third-order valence-corrected chi connectivity index (χ3v) is 6.51. The first-order valence-electron chi connectivity index (χ1n) is 8.77. The van der Waals surface area contributed by atoms with Crippen LogP contribution in [-0.4, -0.2) is 36.0 Å². The molecule has 2 atom stereocenters. The minimum absolute atomic E-state index is 0. The standard InChI is InChI=1S/C18H28N2OS.ClH/c1-4-6-16-12(5-2)9-17(22-16)18(21)20(3)15-10-13-7-8-14(11-15)19-13;/h9,13-15,19H,4-8,10-11H2,1-3H3;1H. The maximum Gasteiger partial charge on any atom is 0.263 e. The third kappa shape index (κ3) is 3.92. The molecule has 1 amide bonds. The predicted octanol–water partition coefficient (Wildman–Crippen LogP) is 4.04. The fourth-order valence-corrected chi connectivity index (χ4v) is 5.33. The molecule has 5 heteroatoms. The maximum absolute atomic E-state index is 12.9. The van der Waals surface area contributed by atoms with Crippen LogP contribution in [0.25, 0.3) is 0 Å². The van der Waals surface area contributed by atoms with Crippen LogP contribution in [0.15, 0.2) is 6.07 Å². The molecule has 1 N–H and O–H groups in total. The van der Waals surface area contributed by atoms with E-state index in [2.05, 4.69) is 25.2 Å². The fourth-order valence-electron chi connectivity index (χ4n) is 3.99. The predicted molar refractivity (Wildman–Crippen MR) is 100 cm³/mol. The zero-order chi connectivity index (χ0) is 15.7. The Hall–Kier alpha value is -0.580. The highest BCUT2D eigenvalue weighted by Crippen LogP contribution is 2.31. The minimum atomic E-state index is 0. The molecule has 0 aromatic carbocycles. The summed E-state index contributed by atoms with van der Waals surface area (Å²) in [7, 11) is 2.00. The molecule has 0 radical (unpaired) electrons. The molecule has 23 heavy (non-hydrogen) atoms. The Labute approximate surface area is 150 Å². The molecule has 2 aliphatic heterocycles. The lowest BCUT2D eigenvalue weighted by Gasteiger charge is -2.35. The number of piperidine rings is 1. The number of aryl methyl sites for hydroxylation is 2. The molecule has 0 aliphatic carbocycles. The van der Waals surface area contributed by atoms with Crippen LogP contribution >= 0.6 is 23.7 Å². The second-order valence-corrected chi connectivity index (χ2v) is 7.98. The summed E-state index contributed by atoms with van der Waals surface area (Å²) in [6, 6.07) is 3.81. The second kappa shape index (κ2) is 8.00. The number of rotatable bonds is 5. The first-order chi connectivity index (χ1) is 10.6. The Morgan fingerprint density at radius 3 is 2.52 bits per heavy atom. The molecular weight excluding hydrogens is 328 g/mol. The number of fused-ring (bicyclic) bond motifs is 2. The van der Waals surface area contributed by atoms with Crippen molar-refractivity contribution in [1.82, 2.24) is 10.2 Å². The van der Waals surface area contributed by atoms with E-state index in [1.807, 2.05) is 11.9 Å². The number of nitrogens with zero attached hydrogens (tertiary/aromatic N) is 1. The lowest BCUT2D eigenvalue weighted by Crippen LogP contribution is -2.48. The van der Waals surface area contributed by atoms with Gasteiger partial charge in [-0.3, -0.25) is 4.79 Å². The van der Waals surface area contributed by atoms with E-state index in [1.54, 1.807) is 11.3 Å². The highest BCUT2D eigenvalue weighted by atomic mass is 35.5. The van der Waals surface area contributed by atoms with Crippen molar-refractivity contribution in [2.45, 2.75) is 76.9 Å². The van der Waals surface area contributed by atoms with Crippen molar-refractivity contribution in [2.75, 3.05) is 7.05 Å². The summed E-state index contributed by atoms with van der Waals surface area (Å²) in [5.74, 6) is 0.230. The number of halogens is 1. The van der Waals surface area contributed by atoms with Gasteiger partial charge in [0.25, 0.3) is 5.91 Å². The van der Waals surface area contributed by atoms with Gasteiger partial charge in [-0.05, 0) is 50.2 Å². The molecule has 1 aromatic rings. The van der Waals surface area contributed by atoms with Crippen LogP contribution < -0.4 is 5.32 Å². The molecule has 2 unspecified atom stereocenters.